The summed E-state index contributed by atoms with van der Waals surface area (Å²) in [7, 11) is 0. The second kappa shape index (κ2) is 4.70. The Hall–Kier alpha value is -0.250. The molecule has 0 bridgehead atoms. The van der Waals surface area contributed by atoms with Crippen molar-refractivity contribution in [2.24, 2.45) is 0 Å². The highest BCUT2D eigenvalue weighted by Gasteiger charge is 2.16. The van der Waals surface area contributed by atoms with Crippen molar-refractivity contribution < 1.29 is 0 Å². The molecule has 0 amide bonds. The van der Waals surface area contributed by atoms with Crippen LogP contribution in [-0.2, 0) is 6.42 Å². The maximum absolute atomic E-state index is 3.99. The molecule has 1 unspecified atom stereocenters. The fourth-order valence-electron chi connectivity index (χ4n) is 1.42. The van der Waals surface area contributed by atoms with Crippen LogP contribution in [0.15, 0.2) is 6.20 Å². The van der Waals surface area contributed by atoms with Crippen LogP contribution >= 0.6 is 24.8 Å². The van der Waals surface area contributed by atoms with E-state index in [9.17, 15) is 0 Å². The van der Waals surface area contributed by atoms with E-state index in [1.54, 1.807) is 0 Å². The number of H-pyrrole nitrogens is 1. The van der Waals surface area contributed by atoms with E-state index >= 15 is 0 Å². The third-order valence-electron chi connectivity index (χ3n) is 2.04. The van der Waals surface area contributed by atoms with Crippen LogP contribution in [0.1, 0.15) is 24.2 Å². The minimum Gasteiger partial charge on any atom is -0.310 e. The quantitative estimate of drug-likeness (QED) is 0.680. The van der Waals surface area contributed by atoms with Crippen molar-refractivity contribution in [1.29, 1.82) is 0 Å². The predicted octanol–water partition coefficient (Wildman–Crippen LogP) is 1.46. The summed E-state index contributed by atoms with van der Waals surface area (Å²) in [5, 5.41) is 10.4. The summed E-state index contributed by atoms with van der Waals surface area (Å²) in [4.78, 5) is 0. The molecule has 0 radical (unpaired) electrons. The lowest BCUT2D eigenvalue weighted by Crippen LogP contribution is -2.26. The van der Waals surface area contributed by atoms with Crippen LogP contribution in [0.4, 0.5) is 0 Å². The third kappa shape index (κ3) is 1.91. The average Bonchev–Trinajstić information content (AvgIpc) is 2.36. The molecule has 2 heterocycles. The van der Waals surface area contributed by atoms with E-state index in [0.717, 1.165) is 13.0 Å². The van der Waals surface area contributed by atoms with Crippen molar-refractivity contribution in [2.75, 3.05) is 6.54 Å². The summed E-state index contributed by atoms with van der Waals surface area (Å²) in [5.41, 5.74) is 2.62. The summed E-state index contributed by atoms with van der Waals surface area (Å²) >= 11 is 0. The molecule has 1 aliphatic heterocycles. The predicted molar refractivity (Wildman–Crippen MR) is 53.2 cm³/mol. The molecule has 1 aromatic heterocycles. The van der Waals surface area contributed by atoms with Gasteiger partial charge in [0.05, 0.1) is 6.20 Å². The van der Waals surface area contributed by atoms with Gasteiger partial charge in [0.15, 0.2) is 0 Å². The maximum atomic E-state index is 3.99. The molecule has 0 aliphatic carbocycles. The molecule has 1 aromatic rings. The number of fused-ring (bicyclic) bond motifs is 1. The van der Waals surface area contributed by atoms with Crippen molar-refractivity contribution in [2.45, 2.75) is 19.4 Å². The summed E-state index contributed by atoms with van der Waals surface area (Å²) in [5.74, 6) is 0. The molecular formula is C7H13Cl2N3. The van der Waals surface area contributed by atoms with Crippen LogP contribution in [-0.4, -0.2) is 16.7 Å². The summed E-state index contributed by atoms with van der Waals surface area (Å²) < 4.78 is 0. The molecule has 0 spiro atoms. The lowest BCUT2D eigenvalue weighted by Gasteiger charge is -2.18. The van der Waals surface area contributed by atoms with Crippen LogP contribution in [0.25, 0.3) is 0 Å². The third-order valence-corrected chi connectivity index (χ3v) is 2.04. The molecule has 0 fully saturated rings. The summed E-state index contributed by atoms with van der Waals surface area (Å²) in [6.07, 6.45) is 2.99. The van der Waals surface area contributed by atoms with Gasteiger partial charge in [-0.05, 0) is 6.92 Å². The van der Waals surface area contributed by atoms with Gasteiger partial charge in [-0.3, -0.25) is 5.10 Å². The monoisotopic (exact) mass is 209 g/mol. The van der Waals surface area contributed by atoms with Crippen LogP contribution in [0.2, 0.25) is 0 Å². The van der Waals surface area contributed by atoms with E-state index < -0.39 is 0 Å². The topological polar surface area (TPSA) is 40.7 Å². The van der Waals surface area contributed by atoms with Gasteiger partial charge < -0.3 is 5.32 Å². The number of nitrogens with zero attached hydrogens (tertiary/aromatic N) is 1. The van der Waals surface area contributed by atoms with E-state index in [2.05, 4.69) is 22.4 Å². The first-order chi connectivity index (χ1) is 4.88. The smallest absolute Gasteiger partial charge is 0.0537 e. The molecular weight excluding hydrogens is 197 g/mol. The Morgan fingerprint density at radius 2 is 2.25 bits per heavy atom. The molecule has 2 N–H and O–H groups in total. The normalized spacial score (nSPS) is 20.2. The minimum absolute atomic E-state index is 0. The fraction of sp³-hybridized carbons (Fsp3) is 0.571. The van der Waals surface area contributed by atoms with Gasteiger partial charge in [0.2, 0.25) is 0 Å². The van der Waals surface area contributed by atoms with Gasteiger partial charge in [0, 0.05) is 30.3 Å². The number of aromatic nitrogens is 2. The van der Waals surface area contributed by atoms with E-state index in [-0.39, 0.29) is 24.8 Å². The highest BCUT2D eigenvalue weighted by molar-refractivity contribution is 5.85. The summed E-state index contributed by atoms with van der Waals surface area (Å²) in [6.45, 7) is 3.23. The first kappa shape index (κ1) is 11.8. The van der Waals surface area contributed by atoms with Crippen molar-refractivity contribution in [3.05, 3.63) is 17.5 Å². The van der Waals surface area contributed by atoms with Crippen LogP contribution in [0, 0.1) is 0 Å². The molecule has 3 nitrogen and oxygen atoms in total. The Labute approximate surface area is 84.1 Å². The van der Waals surface area contributed by atoms with Crippen molar-refractivity contribution in [1.82, 2.24) is 15.5 Å². The van der Waals surface area contributed by atoms with Gasteiger partial charge in [-0.2, -0.15) is 5.10 Å². The number of rotatable bonds is 0. The SMILES string of the molecule is CC1NCCc2[nH]ncc21.Cl.Cl. The van der Waals surface area contributed by atoms with Gasteiger partial charge in [0.25, 0.3) is 0 Å². The maximum Gasteiger partial charge on any atom is 0.0537 e. The zero-order valence-corrected chi connectivity index (χ0v) is 8.47. The largest absolute Gasteiger partial charge is 0.310 e. The summed E-state index contributed by atoms with van der Waals surface area (Å²) in [6, 6.07) is 0.475. The molecule has 0 saturated carbocycles. The van der Waals surface area contributed by atoms with Crippen LogP contribution < -0.4 is 5.32 Å². The zero-order valence-electron chi connectivity index (χ0n) is 6.83. The number of halogens is 2. The Balaban J connectivity index is 0.000000605. The Bertz CT molecular complexity index is 236. The van der Waals surface area contributed by atoms with E-state index in [1.807, 2.05) is 6.20 Å². The highest BCUT2D eigenvalue weighted by Crippen LogP contribution is 2.18. The second-order valence-corrected chi connectivity index (χ2v) is 2.73. The molecule has 1 aliphatic rings. The molecule has 0 aromatic carbocycles. The van der Waals surface area contributed by atoms with Crippen LogP contribution in [0.5, 0.6) is 0 Å². The Morgan fingerprint density at radius 1 is 1.50 bits per heavy atom. The first-order valence-corrected chi connectivity index (χ1v) is 3.63. The average molecular weight is 210 g/mol. The van der Waals surface area contributed by atoms with Crippen molar-refractivity contribution in [3.8, 4) is 0 Å². The molecule has 2 rings (SSSR count). The van der Waals surface area contributed by atoms with Crippen LogP contribution in [0.3, 0.4) is 0 Å². The Kier molecular flexibility index (Phi) is 4.60. The fourth-order valence-corrected chi connectivity index (χ4v) is 1.42. The Morgan fingerprint density at radius 3 is 2.92 bits per heavy atom. The van der Waals surface area contributed by atoms with Gasteiger partial charge in [-0.25, -0.2) is 0 Å². The molecule has 12 heavy (non-hydrogen) atoms. The zero-order chi connectivity index (χ0) is 6.97. The molecule has 5 heteroatoms. The minimum atomic E-state index is 0. The van der Waals surface area contributed by atoms with Crippen molar-refractivity contribution in [3.63, 3.8) is 0 Å². The number of nitrogens with one attached hydrogen (secondary N) is 2. The van der Waals surface area contributed by atoms with Crippen molar-refractivity contribution >= 4 is 24.8 Å². The van der Waals surface area contributed by atoms with Gasteiger partial charge >= 0.3 is 0 Å². The van der Waals surface area contributed by atoms with E-state index in [4.69, 9.17) is 0 Å². The first-order valence-electron chi connectivity index (χ1n) is 3.63. The van der Waals surface area contributed by atoms with E-state index in [0.29, 0.717) is 6.04 Å². The number of aromatic amines is 1. The van der Waals surface area contributed by atoms with Gasteiger partial charge in [-0.1, -0.05) is 0 Å². The molecule has 0 saturated heterocycles. The van der Waals surface area contributed by atoms with Gasteiger partial charge in [0.1, 0.15) is 0 Å². The number of hydrogen-bond donors (Lipinski definition) is 2. The molecule has 70 valence electrons. The van der Waals surface area contributed by atoms with E-state index in [1.165, 1.54) is 11.3 Å². The van der Waals surface area contributed by atoms with Gasteiger partial charge in [-0.15, -0.1) is 24.8 Å². The second-order valence-electron chi connectivity index (χ2n) is 2.73. The standard InChI is InChI=1S/C7H11N3.2ClH/c1-5-6-4-9-10-7(6)2-3-8-5;;/h4-5,8H,2-3H2,1H3,(H,9,10);2*1H. The lowest BCUT2D eigenvalue weighted by molar-refractivity contribution is 0.538. The molecule has 1 atom stereocenters. The number of hydrogen-bond acceptors (Lipinski definition) is 2. The lowest BCUT2D eigenvalue weighted by atomic mass is 10.0. The highest BCUT2D eigenvalue weighted by atomic mass is 35.5.